The molecule has 2 aromatic carbocycles. The Morgan fingerprint density at radius 1 is 0.960 bits per heavy atom. The minimum absolute atomic E-state index is 0.217. The maximum Gasteiger partial charge on any atom is 0.227 e. The third-order valence-corrected chi connectivity index (χ3v) is 4.42. The van der Waals surface area contributed by atoms with Crippen LogP contribution in [0.25, 0.3) is 22.6 Å². The van der Waals surface area contributed by atoms with Crippen molar-refractivity contribution in [1.29, 1.82) is 0 Å². The van der Waals surface area contributed by atoms with E-state index >= 15 is 0 Å². The summed E-state index contributed by atoms with van der Waals surface area (Å²) in [6.45, 7) is 4.83. The molecule has 0 spiro atoms. The van der Waals surface area contributed by atoms with Gasteiger partial charge in [-0.25, -0.2) is 13.9 Å². The highest BCUT2D eigenvalue weighted by Gasteiger charge is 2.11. The molecule has 0 aliphatic carbocycles. The Morgan fingerprint density at radius 2 is 1.64 bits per heavy atom. The topological polar surface area (TPSA) is 29.9 Å². The predicted octanol–water partition coefficient (Wildman–Crippen LogP) is 4.59. The fourth-order valence-corrected chi connectivity index (χ4v) is 2.81. The molecule has 0 saturated carbocycles. The molecule has 0 aliphatic rings. The molecule has 4 rings (SSSR count). The van der Waals surface area contributed by atoms with Crippen LogP contribution in [0.15, 0.2) is 65.3 Å². The Hall–Kier alpha value is -3.01. The van der Waals surface area contributed by atoms with E-state index in [1.807, 2.05) is 35.2 Å². The lowest BCUT2D eigenvalue weighted by Gasteiger charge is -1.99. The Labute approximate surface area is 145 Å². The molecule has 4 aromatic rings. The minimum atomic E-state index is -0.217. The molecular formula is C21H18FN2O+. The largest absolute Gasteiger partial charge is 0.436 e. The van der Waals surface area contributed by atoms with Gasteiger partial charge in [-0.15, -0.1) is 0 Å². The first-order valence-electron chi connectivity index (χ1n) is 8.20. The molecule has 2 heterocycles. The molecule has 0 unspecified atom stereocenters. The SMILES string of the molecule is Cc1cc2nc(-c3cc[n+](Cc4ccc(F)cc4)cc3)oc2cc1C. The van der Waals surface area contributed by atoms with E-state index in [-0.39, 0.29) is 5.82 Å². The molecular weight excluding hydrogens is 315 g/mol. The van der Waals surface area contributed by atoms with Crippen molar-refractivity contribution in [1.82, 2.24) is 4.98 Å². The molecule has 4 heteroatoms. The molecule has 0 amide bonds. The van der Waals surface area contributed by atoms with E-state index in [9.17, 15) is 4.39 Å². The van der Waals surface area contributed by atoms with E-state index in [1.54, 1.807) is 12.1 Å². The van der Waals surface area contributed by atoms with Crippen molar-refractivity contribution < 1.29 is 13.4 Å². The van der Waals surface area contributed by atoms with Crippen LogP contribution in [0.3, 0.4) is 0 Å². The first-order chi connectivity index (χ1) is 12.1. The highest BCUT2D eigenvalue weighted by atomic mass is 19.1. The van der Waals surface area contributed by atoms with E-state index in [4.69, 9.17) is 4.42 Å². The number of hydrogen-bond acceptors (Lipinski definition) is 2. The van der Waals surface area contributed by atoms with Gasteiger partial charge in [-0.05, 0) is 61.4 Å². The smallest absolute Gasteiger partial charge is 0.227 e. The average molecular weight is 333 g/mol. The van der Waals surface area contributed by atoms with Crippen LogP contribution in [0.2, 0.25) is 0 Å². The number of aryl methyl sites for hydroxylation is 2. The van der Waals surface area contributed by atoms with Gasteiger partial charge in [0.15, 0.2) is 24.5 Å². The van der Waals surface area contributed by atoms with E-state index < -0.39 is 0 Å². The third kappa shape index (κ3) is 3.15. The summed E-state index contributed by atoms with van der Waals surface area (Å²) in [5.41, 5.74) is 6.06. The Kier molecular flexibility index (Phi) is 3.80. The zero-order chi connectivity index (χ0) is 17.4. The molecule has 25 heavy (non-hydrogen) atoms. The number of oxazole rings is 1. The highest BCUT2D eigenvalue weighted by Crippen LogP contribution is 2.25. The Morgan fingerprint density at radius 3 is 2.36 bits per heavy atom. The molecule has 0 N–H and O–H groups in total. The average Bonchev–Trinajstić information content (AvgIpc) is 3.01. The van der Waals surface area contributed by atoms with Gasteiger partial charge >= 0.3 is 0 Å². The van der Waals surface area contributed by atoms with Gasteiger partial charge in [0.1, 0.15) is 11.3 Å². The number of benzene rings is 2. The summed E-state index contributed by atoms with van der Waals surface area (Å²) >= 11 is 0. The van der Waals surface area contributed by atoms with Crippen LogP contribution >= 0.6 is 0 Å². The zero-order valence-corrected chi connectivity index (χ0v) is 14.2. The summed E-state index contributed by atoms with van der Waals surface area (Å²) in [7, 11) is 0. The van der Waals surface area contributed by atoms with Crippen LogP contribution in [0.4, 0.5) is 4.39 Å². The lowest BCUT2D eigenvalue weighted by molar-refractivity contribution is -0.688. The maximum absolute atomic E-state index is 13.0. The van der Waals surface area contributed by atoms with Crippen molar-refractivity contribution in [2.24, 2.45) is 0 Å². The second-order valence-corrected chi connectivity index (χ2v) is 6.31. The van der Waals surface area contributed by atoms with Gasteiger partial charge in [-0.2, -0.15) is 0 Å². The summed E-state index contributed by atoms with van der Waals surface area (Å²) in [5, 5.41) is 0. The molecule has 0 fully saturated rings. The van der Waals surface area contributed by atoms with Crippen molar-refractivity contribution in [2.45, 2.75) is 20.4 Å². The number of pyridine rings is 1. The molecule has 0 aliphatic heterocycles. The summed E-state index contributed by atoms with van der Waals surface area (Å²) < 4.78 is 20.9. The number of hydrogen-bond donors (Lipinski definition) is 0. The second kappa shape index (κ2) is 6.13. The summed E-state index contributed by atoms with van der Waals surface area (Å²) in [6, 6.07) is 14.6. The first kappa shape index (κ1) is 15.5. The minimum Gasteiger partial charge on any atom is -0.436 e. The van der Waals surface area contributed by atoms with E-state index in [0.29, 0.717) is 12.4 Å². The maximum atomic E-state index is 13.0. The van der Waals surface area contributed by atoms with Gasteiger partial charge < -0.3 is 4.42 Å². The second-order valence-electron chi connectivity index (χ2n) is 6.31. The van der Waals surface area contributed by atoms with Gasteiger partial charge in [0.25, 0.3) is 0 Å². The number of halogens is 1. The molecule has 3 nitrogen and oxygen atoms in total. The van der Waals surface area contributed by atoms with Crippen molar-refractivity contribution in [2.75, 3.05) is 0 Å². The molecule has 0 bridgehead atoms. The lowest BCUT2D eigenvalue weighted by Crippen LogP contribution is -2.32. The fraction of sp³-hybridized carbons (Fsp3) is 0.143. The predicted molar refractivity (Wildman–Crippen MR) is 94.6 cm³/mol. The van der Waals surface area contributed by atoms with Gasteiger partial charge in [0, 0.05) is 23.3 Å². The molecule has 2 aromatic heterocycles. The standard InChI is InChI=1S/C21H18FN2O/c1-14-11-19-20(12-15(14)2)25-21(23-19)17-7-9-24(10-8-17)13-16-3-5-18(22)6-4-16/h3-12H,13H2,1-2H3/q+1. The quantitative estimate of drug-likeness (QED) is 0.513. The van der Waals surface area contributed by atoms with Crippen molar-refractivity contribution in [3.8, 4) is 11.5 Å². The first-order valence-corrected chi connectivity index (χ1v) is 8.20. The Balaban J connectivity index is 1.60. The van der Waals surface area contributed by atoms with Crippen molar-refractivity contribution in [3.05, 3.63) is 83.4 Å². The van der Waals surface area contributed by atoms with Crippen LogP contribution in [0.1, 0.15) is 16.7 Å². The monoisotopic (exact) mass is 333 g/mol. The molecule has 0 radical (unpaired) electrons. The zero-order valence-electron chi connectivity index (χ0n) is 14.2. The summed E-state index contributed by atoms with van der Waals surface area (Å²) in [4.78, 5) is 4.59. The normalized spacial score (nSPS) is 11.2. The Bertz CT molecular complexity index is 995. The van der Waals surface area contributed by atoms with Crippen molar-refractivity contribution >= 4 is 11.1 Å². The van der Waals surface area contributed by atoms with Crippen LogP contribution in [-0.4, -0.2) is 4.98 Å². The number of rotatable bonds is 3. The number of aromatic nitrogens is 2. The molecule has 0 atom stereocenters. The summed E-state index contributed by atoms with van der Waals surface area (Å²) in [6.07, 6.45) is 3.95. The number of fused-ring (bicyclic) bond motifs is 1. The lowest BCUT2D eigenvalue weighted by atomic mass is 10.1. The van der Waals surface area contributed by atoms with Crippen LogP contribution in [0.5, 0.6) is 0 Å². The van der Waals surface area contributed by atoms with Crippen LogP contribution < -0.4 is 4.57 Å². The highest BCUT2D eigenvalue weighted by molar-refractivity contribution is 5.77. The third-order valence-electron chi connectivity index (χ3n) is 4.42. The van der Waals surface area contributed by atoms with Crippen molar-refractivity contribution in [3.63, 3.8) is 0 Å². The van der Waals surface area contributed by atoms with Gasteiger partial charge in [0.05, 0.1) is 0 Å². The van der Waals surface area contributed by atoms with E-state index in [0.717, 1.165) is 22.2 Å². The fourth-order valence-electron chi connectivity index (χ4n) is 2.81. The summed E-state index contributed by atoms with van der Waals surface area (Å²) in [5.74, 6) is 0.402. The van der Waals surface area contributed by atoms with E-state index in [1.165, 1.54) is 23.3 Å². The van der Waals surface area contributed by atoms with Gasteiger partial charge in [-0.1, -0.05) is 0 Å². The van der Waals surface area contributed by atoms with Gasteiger partial charge in [0.2, 0.25) is 5.89 Å². The van der Waals surface area contributed by atoms with E-state index in [2.05, 4.69) is 24.9 Å². The van der Waals surface area contributed by atoms with Crippen LogP contribution in [0, 0.1) is 19.7 Å². The molecule has 0 saturated heterocycles. The number of nitrogens with zero attached hydrogens (tertiary/aromatic N) is 2. The van der Waals surface area contributed by atoms with Crippen LogP contribution in [-0.2, 0) is 6.54 Å². The van der Waals surface area contributed by atoms with Gasteiger partial charge in [-0.3, -0.25) is 0 Å². The molecule has 124 valence electrons.